The van der Waals surface area contributed by atoms with Gasteiger partial charge in [-0.15, -0.1) is 0 Å². The molecular formula is C44H38N2. The maximum atomic E-state index is 3.39. The lowest BCUT2D eigenvalue weighted by atomic mass is 9.72. The summed E-state index contributed by atoms with van der Waals surface area (Å²) in [5.74, 6) is 0. The number of para-hydroxylation sites is 3. The molecule has 0 aromatic heterocycles. The van der Waals surface area contributed by atoms with Crippen molar-refractivity contribution in [1.29, 1.82) is 0 Å². The second kappa shape index (κ2) is 10.6. The van der Waals surface area contributed by atoms with Gasteiger partial charge >= 0.3 is 0 Å². The third kappa shape index (κ3) is 4.48. The molecule has 0 amide bonds. The van der Waals surface area contributed by atoms with Gasteiger partial charge in [0.1, 0.15) is 0 Å². The first-order chi connectivity index (χ1) is 22.3. The predicted octanol–water partition coefficient (Wildman–Crippen LogP) is 11.9. The van der Waals surface area contributed by atoms with Crippen molar-refractivity contribution in [3.63, 3.8) is 0 Å². The molecule has 0 radical (unpaired) electrons. The lowest BCUT2D eigenvalue weighted by Gasteiger charge is -2.42. The van der Waals surface area contributed by atoms with E-state index in [2.05, 4.69) is 165 Å². The molecular weight excluding hydrogens is 556 g/mol. The molecule has 1 aliphatic carbocycles. The maximum Gasteiger partial charge on any atom is 0.0503 e. The Labute approximate surface area is 272 Å². The van der Waals surface area contributed by atoms with Crippen LogP contribution in [0, 0.1) is 0 Å². The summed E-state index contributed by atoms with van der Waals surface area (Å²) in [6.45, 7) is 9.45. The highest BCUT2D eigenvalue weighted by atomic mass is 15.2. The molecule has 224 valence electrons. The second-order valence-corrected chi connectivity index (χ2v) is 13.6. The molecule has 0 spiro atoms. The van der Waals surface area contributed by atoms with Crippen LogP contribution in [-0.4, -0.2) is 0 Å². The van der Waals surface area contributed by atoms with Gasteiger partial charge in [0.25, 0.3) is 0 Å². The van der Waals surface area contributed by atoms with E-state index in [0.717, 1.165) is 5.69 Å². The van der Waals surface area contributed by atoms with Gasteiger partial charge in [-0.25, -0.2) is 0 Å². The molecule has 1 heterocycles. The molecule has 2 nitrogen and oxygen atoms in total. The molecule has 1 aliphatic heterocycles. The fraction of sp³-hybridized carbons (Fsp3) is 0.136. The first-order valence-corrected chi connectivity index (χ1v) is 16.2. The number of hydrogen-bond donors (Lipinski definition) is 1. The normalized spacial score (nSPS) is 15.2. The minimum absolute atomic E-state index is 0.103. The Balaban J connectivity index is 1.16. The van der Waals surface area contributed by atoms with Gasteiger partial charge in [-0.05, 0) is 105 Å². The molecule has 0 fully saturated rings. The molecule has 8 rings (SSSR count). The number of rotatable bonds is 5. The minimum atomic E-state index is -0.140. The van der Waals surface area contributed by atoms with E-state index in [1.807, 2.05) is 24.4 Å². The minimum Gasteiger partial charge on any atom is -0.362 e. The SMILES string of the molecule is CC1(C)c2cc(/C=C/Nc3ccccc3)ccc2-c2ccc(-c3ccc4c(c3)C(C)(C)c3ccccc3N4c3ccccc3)cc21. The van der Waals surface area contributed by atoms with Gasteiger partial charge in [-0.3, -0.25) is 0 Å². The number of anilines is 4. The highest BCUT2D eigenvalue weighted by Crippen LogP contribution is 2.53. The van der Waals surface area contributed by atoms with Crippen molar-refractivity contribution in [1.82, 2.24) is 0 Å². The molecule has 0 saturated heterocycles. The van der Waals surface area contributed by atoms with E-state index < -0.39 is 0 Å². The summed E-state index contributed by atoms with van der Waals surface area (Å²) in [6.07, 6.45) is 4.18. The summed E-state index contributed by atoms with van der Waals surface area (Å²) in [5.41, 5.74) is 16.4. The topological polar surface area (TPSA) is 15.3 Å². The van der Waals surface area contributed by atoms with Gasteiger partial charge < -0.3 is 10.2 Å². The molecule has 46 heavy (non-hydrogen) atoms. The van der Waals surface area contributed by atoms with Gasteiger partial charge in [0.15, 0.2) is 0 Å². The zero-order valence-electron chi connectivity index (χ0n) is 26.9. The Kier molecular flexibility index (Phi) is 6.51. The van der Waals surface area contributed by atoms with Crippen molar-refractivity contribution < 1.29 is 0 Å². The van der Waals surface area contributed by atoms with Gasteiger partial charge in [-0.1, -0.05) is 119 Å². The van der Waals surface area contributed by atoms with E-state index in [1.165, 1.54) is 67.1 Å². The summed E-state index contributed by atoms with van der Waals surface area (Å²) < 4.78 is 0. The van der Waals surface area contributed by atoms with Crippen molar-refractivity contribution in [2.45, 2.75) is 38.5 Å². The van der Waals surface area contributed by atoms with E-state index in [-0.39, 0.29) is 10.8 Å². The van der Waals surface area contributed by atoms with Crippen molar-refractivity contribution in [2.24, 2.45) is 0 Å². The standard InChI is InChI=1S/C44H38N2/c1-43(2)37-17-11-12-18-41(37)46(34-15-9-6-10-16-34)42-24-21-32(29-40(42)43)31-20-23-36-35-22-19-30(25-26-45-33-13-7-5-8-14-33)27-38(35)44(3,4)39(36)28-31/h5-29,45H,1-4H3/b26-25+. The fourth-order valence-electron chi connectivity index (χ4n) is 7.55. The van der Waals surface area contributed by atoms with E-state index in [0.29, 0.717) is 0 Å². The first-order valence-electron chi connectivity index (χ1n) is 16.2. The van der Waals surface area contributed by atoms with E-state index in [1.54, 1.807) is 0 Å². The number of nitrogens with zero attached hydrogens (tertiary/aromatic N) is 1. The smallest absolute Gasteiger partial charge is 0.0503 e. The molecule has 0 bridgehead atoms. The van der Waals surface area contributed by atoms with E-state index in [4.69, 9.17) is 0 Å². The number of hydrogen-bond acceptors (Lipinski definition) is 2. The maximum absolute atomic E-state index is 3.39. The monoisotopic (exact) mass is 594 g/mol. The van der Waals surface area contributed by atoms with Crippen molar-refractivity contribution in [3.05, 3.63) is 174 Å². The largest absolute Gasteiger partial charge is 0.362 e. The summed E-state index contributed by atoms with van der Waals surface area (Å²) in [4.78, 5) is 2.42. The molecule has 2 heteroatoms. The third-order valence-corrected chi connectivity index (χ3v) is 10.1. The summed E-state index contributed by atoms with van der Waals surface area (Å²) >= 11 is 0. The molecule has 0 saturated carbocycles. The Morgan fingerprint density at radius 1 is 0.500 bits per heavy atom. The lowest BCUT2D eigenvalue weighted by Crippen LogP contribution is -2.30. The molecule has 6 aromatic carbocycles. The van der Waals surface area contributed by atoms with Crippen LogP contribution < -0.4 is 10.2 Å². The lowest BCUT2D eigenvalue weighted by molar-refractivity contribution is 0.632. The van der Waals surface area contributed by atoms with Gasteiger partial charge in [0.2, 0.25) is 0 Å². The van der Waals surface area contributed by atoms with Crippen LogP contribution in [0.4, 0.5) is 22.7 Å². The predicted molar refractivity (Wildman–Crippen MR) is 195 cm³/mol. The average Bonchev–Trinajstić information content (AvgIpc) is 3.31. The van der Waals surface area contributed by atoms with Crippen LogP contribution >= 0.6 is 0 Å². The zero-order valence-corrected chi connectivity index (χ0v) is 26.9. The van der Waals surface area contributed by atoms with Crippen molar-refractivity contribution in [2.75, 3.05) is 10.2 Å². The average molecular weight is 595 g/mol. The van der Waals surface area contributed by atoms with Gasteiger partial charge in [-0.2, -0.15) is 0 Å². The summed E-state index contributed by atoms with van der Waals surface area (Å²) in [5, 5.41) is 3.39. The van der Waals surface area contributed by atoms with Crippen LogP contribution in [0.1, 0.15) is 55.5 Å². The van der Waals surface area contributed by atoms with Crippen LogP contribution in [0.25, 0.3) is 28.3 Å². The molecule has 1 N–H and O–H groups in total. The van der Waals surface area contributed by atoms with Gasteiger partial charge in [0.05, 0.1) is 11.4 Å². The number of benzene rings is 6. The fourth-order valence-corrected chi connectivity index (χ4v) is 7.55. The summed E-state index contributed by atoms with van der Waals surface area (Å²) in [6, 6.07) is 50.9. The zero-order chi connectivity index (χ0) is 31.5. The molecule has 6 aromatic rings. The van der Waals surface area contributed by atoms with Crippen molar-refractivity contribution >= 4 is 28.8 Å². The highest BCUT2D eigenvalue weighted by Gasteiger charge is 2.38. The first kappa shape index (κ1) is 28.2. The van der Waals surface area contributed by atoms with E-state index >= 15 is 0 Å². The number of fused-ring (bicyclic) bond motifs is 5. The van der Waals surface area contributed by atoms with Crippen LogP contribution in [0.5, 0.6) is 0 Å². The quantitative estimate of drug-likeness (QED) is 0.214. The van der Waals surface area contributed by atoms with Crippen molar-refractivity contribution in [3.8, 4) is 22.3 Å². The van der Waals surface area contributed by atoms with Gasteiger partial charge in [0, 0.05) is 28.4 Å². The number of nitrogens with one attached hydrogen (secondary N) is 1. The Morgan fingerprint density at radius 2 is 1.07 bits per heavy atom. The highest BCUT2D eigenvalue weighted by molar-refractivity contribution is 5.89. The molecule has 0 unspecified atom stereocenters. The van der Waals surface area contributed by atoms with Crippen LogP contribution in [0.3, 0.4) is 0 Å². The molecule has 0 atom stereocenters. The Morgan fingerprint density at radius 3 is 1.83 bits per heavy atom. The summed E-state index contributed by atoms with van der Waals surface area (Å²) in [7, 11) is 0. The van der Waals surface area contributed by atoms with Crippen LogP contribution in [-0.2, 0) is 10.8 Å². The van der Waals surface area contributed by atoms with Crippen LogP contribution in [0.15, 0.2) is 146 Å². The second-order valence-electron chi connectivity index (χ2n) is 13.6. The third-order valence-electron chi connectivity index (χ3n) is 10.1. The van der Waals surface area contributed by atoms with Crippen LogP contribution in [0.2, 0.25) is 0 Å². The Bertz CT molecular complexity index is 2120. The molecule has 2 aliphatic rings. The van der Waals surface area contributed by atoms with E-state index in [9.17, 15) is 0 Å². The Hall–Kier alpha value is -5.34.